The number of likely N-dealkylation sites (N-methyl/N-ethyl adjacent to an activating group) is 4. The van der Waals surface area contributed by atoms with E-state index in [9.17, 15) is 14.4 Å². The van der Waals surface area contributed by atoms with Crippen LogP contribution in [0.2, 0.25) is 0 Å². The molecule has 0 spiro atoms. The SMILES string of the molecule is CC(C)CCCN(C)C(=O)CN(C)C(=O)CN(C)C(=O)CN(C)CC(C)S. The van der Waals surface area contributed by atoms with E-state index in [1.54, 1.807) is 26.0 Å². The zero-order chi connectivity index (χ0) is 21.1. The van der Waals surface area contributed by atoms with E-state index in [2.05, 4.69) is 26.5 Å². The minimum absolute atomic E-state index is 0.0239. The third-order valence-corrected chi connectivity index (χ3v) is 4.44. The number of thiol groups is 1. The highest BCUT2D eigenvalue weighted by molar-refractivity contribution is 7.80. The maximum Gasteiger partial charge on any atom is 0.242 e. The molecule has 0 heterocycles. The summed E-state index contributed by atoms with van der Waals surface area (Å²) in [6.07, 6.45) is 2.02. The van der Waals surface area contributed by atoms with Crippen LogP contribution in [0.15, 0.2) is 0 Å². The van der Waals surface area contributed by atoms with Crippen LogP contribution in [0.3, 0.4) is 0 Å². The topological polar surface area (TPSA) is 64.2 Å². The van der Waals surface area contributed by atoms with Crippen LogP contribution in [0.5, 0.6) is 0 Å². The molecule has 0 aromatic carbocycles. The van der Waals surface area contributed by atoms with Gasteiger partial charge in [-0.25, -0.2) is 0 Å². The van der Waals surface area contributed by atoms with Crippen molar-refractivity contribution in [1.82, 2.24) is 19.6 Å². The Labute approximate surface area is 170 Å². The highest BCUT2D eigenvalue weighted by atomic mass is 32.1. The van der Waals surface area contributed by atoms with Crippen LogP contribution in [-0.4, -0.2) is 103 Å². The second kappa shape index (κ2) is 13.0. The molecule has 0 aromatic rings. The molecule has 0 saturated heterocycles. The fourth-order valence-electron chi connectivity index (χ4n) is 2.55. The van der Waals surface area contributed by atoms with Crippen molar-refractivity contribution >= 4 is 30.4 Å². The first-order valence-corrected chi connectivity index (χ1v) is 10.0. The monoisotopic (exact) mass is 402 g/mol. The summed E-state index contributed by atoms with van der Waals surface area (Å²) in [5, 5.41) is 0.171. The van der Waals surface area contributed by atoms with Gasteiger partial charge < -0.3 is 14.7 Å². The molecule has 0 rings (SSSR count). The van der Waals surface area contributed by atoms with Crippen molar-refractivity contribution < 1.29 is 14.4 Å². The largest absolute Gasteiger partial charge is 0.344 e. The summed E-state index contributed by atoms with van der Waals surface area (Å²) in [6.45, 7) is 7.87. The van der Waals surface area contributed by atoms with Crippen LogP contribution in [0.25, 0.3) is 0 Å². The number of carbonyl (C=O) groups is 3. The predicted molar refractivity (Wildman–Crippen MR) is 113 cm³/mol. The molecule has 7 nitrogen and oxygen atoms in total. The zero-order valence-electron chi connectivity index (χ0n) is 18.1. The summed E-state index contributed by atoms with van der Waals surface area (Å²) in [4.78, 5) is 43.1. The van der Waals surface area contributed by atoms with E-state index in [1.807, 2.05) is 18.9 Å². The van der Waals surface area contributed by atoms with Gasteiger partial charge in [-0.2, -0.15) is 12.6 Å². The van der Waals surface area contributed by atoms with Crippen molar-refractivity contribution in [3.05, 3.63) is 0 Å². The molecule has 8 heteroatoms. The Balaban J connectivity index is 4.35. The second-order valence-corrected chi connectivity index (χ2v) is 8.78. The molecule has 1 unspecified atom stereocenters. The van der Waals surface area contributed by atoms with Gasteiger partial charge in [0.2, 0.25) is 17.7 Å². The van der Waals surface area contributed by atoms with Crippen LogP contribution in [0, 0.1) is 5.92 Å². The summed E-state index contributed by atoms with van der Waals surface area (Å²) in [5.74, 6) is 0.136. The minimum Gasteiger partial charge on any atom is -0.344 e. The van der Waals surface area contributed by atoms with Gasteiger partial charge in [-0.3, -0.25) is 19.3 Å². The highest BCUT2D eigenvalue weighted by Crippen LogP contribution is 2.04. The lowest BCUT2D eigenvalue weighted by Crippen LogP contribution is -2.46. The predicted octanol–water partition coefficient (Wildman–Crippen LogP) is 1.05. The van der Waals surface area contributed by atoms with Gasteiger partial charge in [0.1, 0.15) is 0 Å². The van der Waals surface area contributed by atoms with Crippen molar-refractivity contribution in [3.8, 4) is 0 Å². The lowest BCUT2D eigenvalue weighted by molar-refractivity contribution is -0.142. The Morgan fingerprint density at radius 1 is 0.778 bits per heavy atom. The molecule has 0 radical (unpaired) electrons. The average molecular weight is 403 g/mol. The molecule has 0 aromatic heterocycles. The van der Waals surface area contributed by atoms with Gasteiger partial charge in [-0.05, 0) is 25.8 Å². The van der Waals surface area contributed by atoms with Crippen LogP contribution in [0.4, 0.5) is 0 Å². The van der Waals surface area contributed by atoms with Crippen LogP contribution in [-0.2, 0) is 14.4 Å². The highest BCUT2D eigenvalue weighted by Gasteiger charge is 2.20. The molecular formula is C19H38N4O3S. The molecule has 158 valence electrons. The van der Waals surface area contributed by atoms with E-state index in [0.717, 1.165) is 12.8 Å². The van der Waals surface area contributed by atoms with E-state index in [1.165, 1.54) is 9.80 Å². The summed E-state index contributed by atoms with van der Waals surface area (Å²) in [5.41, 5.74) is 0. The smallest absolute Gasteiger partial charge is 0.242 e. The third kappa shape index (κ3) is 11.9. The van der Waals surface area contributed by atoms with Crippen molar-refractivity contribution in [2.24, 2.45) is 5.92 Å². The van der Waals surface area contributed by atoms with Gasteiger partial charge in [-0.15, -0.1) is 0 Å². The van der Waals surface area contributed by atoms with Crippen molar-refractivity contribution in [3.63, 3.8) is 0 Å². The van der Waals surface area contributed by atoms with Crippen LogP contribution >= 0.6 is 12.6 Å². The van der Waals surface area contributed by atoms with E-state index in [4.69, 9.17) is 0 Å². The summed E-state index contributed by atoms with van der Waals surface area (Å²) < 4.78 is 0. The molecule has 0 N–H and O–H groups in total. The molecule has 0 aliphatic heterocycles. The lowest BCUT2D eigenvalue weighted by Gasteiger charge is -2.26. The standard InChI is InChI=1S/C19H38N4O3S/c1-15(2)9-8-10-21(5)18(25)13-23(7)19(26)14-22(6)17(24)12-20(4)11-16(3)27/h15-16,27H,8-14H2,1-7H3. The average Bonchev–Trinajstić information content (AvgIpc) is 2.52. The third-order valence-electron chi connectivity index (χ3n) is 4.28. The molecule has 0 bridgehead atoms. The number of hydrogen-bond donors (Lipinski definition) is 1. The van der Waals surface area contributed by atoms with Gasteiger partial charge in [-0.1, -0.05) is 20.8 Å². The summed E-state index contributed by atoms with van der Waals surface area (Å²) in [6, 6.07) is 0. The first-order valence-electron chi connectivity index (χ1n) is 9.52. The van der Waals surface area contributed by atoms with E-state index in [-0.39, 0.29) is 42.6 Å². The van der Waals surface area contributed by atoms with Crippen LogP contribution < -0.4 is 0 Å². The van der Waals surface area contributed by atoms with Crippen molar-refractivity contribution in [1.29, 1.82) is 0 Å². The zero-order valence-corrected chi connectivity index (χ0v) is 19.0. The van der Waals surface area contributed by atoms with E-state index in [0.29, 0.717) is 19.0 Å². The molecular weight excluding hydrogens is 364 g/mol. The van der Waals surface area contributed by atoms with Gasteiger partial charge in [0, 0.05) is 39.5 Å². The Kier molecular flexibility index (Phi) is 12.4. The molecule has 1 atom stereocenters. The molecule has 0 fully saturated rings. The lowest BCUT2D eigenvalue weighted by atomic mass is 10.1. The molecule has 0 aliphatic carbocycles. The number of amides is 3. The minimum atomic E-state index is -0.250. The Morgan fingerprint density at radius 3 is 1.67 bits per heavy atom. The van der Waals surface area contributed by atoms with Crippen molar-refractivity contribution in [2.45, 2.75) is 38.9 Å². The first kappa shape index (κ1) is 25.7. The van der Waals surface area contributed by atoms with Crippen LogP contribution in [0.1, 0.15) is 33.6 Å². The van der Waals surface area contributed by atoms with E-state index < -0.39 is 0 Å². The Morgan fingerprint density at radius 2 is 1.22 bits per heavy atom. The molecule has 0 aliphatic rings. The number of rotatable bonds is 12. The first-order chi connectivity index (χ1) is 12.4. The fraction of sp³-hybridized carbons (Fsp3) is 0.842. The van der Waals surface area contributed by atoms with Gasteiger partial charge in [0.05, 0.1) is 19.6 Å². The second-order valence-electron chi connectivity index (χ2n) is 7.90. The van der Waals surface area contributed by atoms with Gasteiger partial charge in [0.25, 0.3) is 0 Å². The number of nitrogens with zero attached hydrogens (tertiary/aromatic N) is 4. The summed E-state index contributed by atoms with van der Waals surface area (Å²) >= 11 is 4.31. The number of carbonyl (C=O) groups excluding carboxylic acids is 3. The van der Waals surface area contributed by atoms with Gasteiger partial charge in [0.15, 0.2) is 0 Å². The summed E-state index contributed by atoms with van der Waals surface area (Å²) in [7, 11) is 6.80. The van der Waals surface area contributed by atoms with Gasteiger partial charge >= 0.3 is 0 Å². The maximum absolute atomic E-state index is 12.3. The molecule has 0 saturated carbocycles. The van der Waals surface area contributed by atoms with Crippen molar-refractivity contribution in [2.75, 3.05) is 60.9 Å². The normalized spacial score (nSPS) is 12.2. The van der Waals surface area contributed by atoms with E-state index >= 15 is 0 Å². The maximum atomic E-state index is 12.3. The molecule has 27 heavy (non-hydrogen) atoms. The quantitative estimate of drug-likeness (QED) is 0.496. The Hall–Kier alpha value is -1.28. The Bertz CT molecular complexity index is 486. The molecule has 3 amide bonds. The number of hydrogen-bond acceptors (Lipinski definition) is 5. The fourth-order valence-corrected chi connectivity index (χ4v) is 2.83.